The van der Waals surface area contributed by atoms with E-state index in [1.165, 1.54) is 25.4 Å². The highest BCUT2D eigenvalue weighted by atomic mass is 35.5. The lowest BCUT2D eigenvalue weighted by Gasteiger charge is -2.53. The van der Waals surface area contributed by atoms with Crippen molar-refractivity contribution in [3.05, 3.63) is 58.9 Å². The molecule has 1 aliphatic heterocycles. The first-order chi connectivity index (χ1) is 14.8. The second-order valence-electron chi connectivity index (χ2n) is 8.42. The summed E-state index contributed by atoms with van der Waals surface area (Å²) in [5, 5.41) is 4.12. The van der Waals surface area contributed by atoms with Crippen molar-refractivity contribution in [2.45, 2.75) is 31.1 Å². The summed E-state index contributed by atoms with van der Waals surface area (Å²) in [7, 11) is -3.30. The summed E-state index contributed by atoms with van der Waals surface area (Å²) in [5.74, 6) is -2.29. The third kappa shape index (κ3) is 3.66. The van der Waals surface area contributed by atoms with Gasteiger partial charge in [-0.15, -0.1) is 0 Å². The lowest BCUT2D eigenvalue weighted by molar-refractivity contribution is 0.409. The number of anilines is 2. The van der Waals surface area contributed by atoms with Gasteiger partial charge in [-0.25, -0.2) is 13.8 Å². The molecule has 0 saturated carbocycles. The van der Waals surface area contributed by atoms with Gasteiger partial charge in [0, 0.05) is 35.1 Å². The molecule has 0 saturated heterocycles. The Morgan fingerprint density at radius 2 is 1.88 bits per heavy atom. The van der Waals surface area contributed by atoms with Gasteiger partial charge in [0.2, 0.25) is 0 Å². The van der Waals surface area contributed by atoms with Gasteiger partial charge in [0.1, 0.15) is 21.6 Å². The van der Waals surface area contributed by atoms with E-state index in [1.54, 1.807) is 26.0 Å². The number of pyridine rings is 2. The van der Waals surface area contributed by atoms with E-state index in [0.29, 0.717) is 21.7 Å². The van der Waals surface area contributed by atoms with E-state index in [2.05, 4.69) is 20.3 Å². The summed E-state index contributed by atoms with van der Waals surface area (Å²) in [6.45, 7) is 4.60. The first kappa shape index (κ1) is 22.7. The van der Waals surface area contributed by atoms with Crippen LogP contribution >= 0.6 is 22.2 Å². The molecule has 1 atom stereocenters. The van der Waals surface area contributed by atoms with Crippen LogP contribution < -0.4 is 11.1 Å². The summed E-state index contributed by atoms with van der Waals surface area (Å²) in [5.41, 5.74) is 5.05. The largest absolute Gasteiger partial charge is 0.386 e. The number of benzene rings is 1. The molecule has 170 valence electrons. The highest BCUT2D eigenvalue weighted by molar-refractivity contribution is 8.26. The minimum Gasteiger partial charge on any atom is -0.386 e. The topological polar surface area (TPSA) is 117 Å². The van der Waals surface area contributed by atoms with Crippen molar-refractivity contribution in [3.8, 4) is 0 Å². The van der Waals surface area contributed by atoms with Gasteiger partial charge >= 0.3 is 0 Å². The second-order valence-corrected chi connectivity index (χ2v) is 11.5. The number of aliphatic imine (C=N–C) groups is 1. The predicted octanol–water partition coefficient (Wildman–Crippen LogP) is 5.42. The number of fused-ring (bicyclic) bond motifs is 1. The maximum Gasteiger partial charge on any atom is 0.164 e. The van der Waals surface area contributed by atoms with Gasteiger partial charge in [-0.2, -0.15) is 10.6 Å². The first-order valence-electron chi connectivity index (χ1n) is 9.62. The van der Waals surface area contributed by atoms with E-state index >= 15 is 0 Å². The third-order valence-corrected chi connectivity index (χ3v) is 8.74. The Labute approximate surface area is 190 Å². The van der Waals surface area contributed by atoms with Crippen LogP contribution in [-0.4, -0.2) is 35.4 Å². The molecular formula is C21H22ClF2N5O2S. The Balaban J connectivity index is 1.81. The zero-order chi connectivity index (χ0) is 23.5. The van der Waals surface area contributed by atoms with Crippen LogP contribution in [0.25, 0.3) is 10.9 Å². The molecule has 7 nitrogen and oxygen atoms in total. The smallest absolute Gasteiger partial charge is 0.164 e. The quantitative estimate of drug-likeness (QED) is 0.397. The fourth-order valence-electron chi connectivity index (χ4n) is 3.62. The fourth-order valence-corrected chi connectivity index (χ4v) is 5.54. The van der Waals surface area contributed by atoms with E-state index in [4.69, 9.17) is 17.3 Å². The molecule has 11 heteroatoms. The maximum absolute atomic E-state index is 14.9. The third-order valence-electron chi connectivity index (χ3n) is 5.72. The molecule has 3 heterocycles. The summed E-state index contributed by atoms with van der Waals surface area (Å²) in [4.78, 5) is 12.9. The molecule has 0 radical (unpaired) electrons. The first-order valence-corrected chi connectivity index (χ1v) is 11.7. The average molecular weight is 482 g/mol. The normalized spacial score (nSPS) is 22.9. The van der Waals surface area contributed by atoms with E-state index in [1.807, 2.05) is 0 Å². The van der Waals surface area contributed by atoms with Crippen molar-refractivity contribution < 1.29 is 17.9 Å². The Kier molecular flexibility index (Phi) is 5.32. The number of hydrogen-bond acceptors (Lipinski definition) is 7. The van der Waals surface area contributed by atoms with Crippen molar-refractivity contribution in [1.29, 1.82) is 0 Å². The van der Waals surface area contributed by atoms with E-state index in [-0.39, 0.29) is 22.8 Å². The number of halogens is 3. The molecule has 2 aromatic heterocycles. The Morgan fingerprint density at radius 3 is 2.56 bits per heavy atom. The molecule has 0 spiro atoms. The lowest BCUT2D eigenvalue weighted by atomic mass is 9.92. The standard InChI is InChI=1S/C21H22ClF2N5O2S/c1-20(2)19(25)29-21(3,10-32(20,30)31)14-7-13(8-15(23)16(14)24)28-18-17-11(4-5-26-18)6-12(22)9-27-17/h4-9,30-31H,10H2,1-3H3,(H2,25,29)(H,26,28). The van der Waals surface area contributed by atoms with Crippen LogP contribution in [0.4, 0.5) is 20.3 Å². The maximum atomic E-state index is 14.9. The van der Waals surface area contributed by atoms with Gasteiger partial charge in [-0.3, -0.25) is 19.1 Å². The van der Waals surface area contributed by atoms with Gasteiger partial charge in [0.25, 0.3) is 0 Å². The SMILES string of the molecule is CC1(c2cc(Nc3nccc4cc(Cl)cnc34)cc(F)c2F)CS(O)(O)C(C)(C)C(N)=N1. The second kappa shape index (κ2) is 7.51. The van der Waals surface area contributed by atoms with Crippen LogP contribution in [-0.2, 0) is 5.54 Å². The molecule has 1 aliphatic rings. The van der Waals surface area contributed by atoms with Crippen LogP contribution in [0.15, 0.2) is 41.7 Å². The fraction of sp³-hybridized carbons (Fsp3) is 0.286. The number of amidine groups is 1. The highest BCUT2D eigenvalue weighted by Crippen LogP contribution is 2.59. The summed E-state index contributed by atoms with van der Waals surface area (Å²) >= 11 is 5.99. The lowest BCUT2D eigenvalue weighted by Crippen LogP contribution is -2.52. The molecule has 1 aromatic carbocycles. The van der Waals surface area contributed by atoms with Gasteiger partial charge in [0.05, 0.1) is 10.8 Å². The molecule has 5 N–H and O–H groups in total. The molecule has 0 bridgehead atoms. The van der Waals surface area contributed by atoms with Crippen molar-refractivity contribution in [3.63, 3.8) is 0 Å². The van der Waals surface area contributed by atoms with Crippen LogP contribution in [0, 0.1) is 11.6 Å². The number of aromatic nitrogens is 2. The van der Waals surface area contributed by atoms with Gasteiger partial charge in [-0.1, -0.05) is 11.6 Å². The van der Waals surface area contributed by atoms with Crippen molar-refractivity contribution >= 4 is 50.4 Å². The minimum absolute atomic E-state index is 0.0405. The number of nitrogens with zero attached hydrogens (tertiary/aromatic N) is 3. The Morgan fingerprint density at radius 1 is 1.16 bits per heavy atom. The average Bonchev–Trinajstić information content (AvgIpc) is 2.68. The van der Waals surface area contributed by atoms with Crippen molar-refractivity contribution in [2.24, 2.45) is 10.7 Å². The minimum atomic E-state index is -3.30. The van der Waals surface area contributed by atoms with E-state index < -0.39 is 32.5 Å². The zero-order valence-electron chi connectivity index (χ0n) is 17.5. The summed E-state index contributed by atoms with van der Waals surface area (Å²) in [6.07, 6.45) is 2.99. The zero-order valence-corrected chi connectivity index (χ0v) is 19.1. The van der Waals surface area contributed by atoms with Crippen LogP contribution in [0.5, 0.6) is 0 Å². The molecule has 0 fully saturated rings. The molecule has 4 rings (SSSR count). The van der Waals surface area contributed by atoms with Gasteiger partial charge in [0.15, 0.2) is 17.5 Å². The Bertz CT molecular complexity index is 1270. The van der Waals surface area contributed by atoms with Crippen molar-refractivity contribution in [1.82, 2.24) is 9.97 Å². The molecule has 32 heavy (non-hydrogen) atoms. The predicted molar refractivity (Wildman–Crippen MR) is 125 cm³/mol. The molecule has 0 aliphatic carbocycles. The monoisotopic (exact) mass is 481 g/mol. The van der Waals surface area contributed by atoms with Gasteiger partial charge < -0.3 is 11.1 Å². The number of nitrogens with two attached hydrogens (primary N) is 1. The van der Waals surface area contributed by atoms with Gasteiger partial charge in [-0.05, 0) is 39.0 Å². The van der Waals surface area contributed by atoms with Crippen molar-refractivity contribution in [2.75, 3.05) is 11.1 Å². The van der Waals surface area contributed by atoms with Crippen LogP contribution in [0.1, 0.15) is 26.3 Å². The molecule has 1 unspecified atom stereocenters. The number of nitrogens with one attached hydrogen (secondary N) is 1. The molecule has 0 amide bonds. The summed E-state index contributed by atoms with van der Waals surface area (Å²) < 4.78 is 49.7. The van der Waals surface area contributed by atoms with Crippen LogP contribution in [0.3, 0.4) is 0 Å². The molecule has 3 aromatic rings. The number of rotatable bonds is 3. The van der Waals surface area contributed by atoms with Crippen LogP contribution in [0.2, 0.25) is 5.02 Å². The Hall–Kier alpha value is -2.53. The highest BCUT2D eigenvalue weighted by Gasteiger charge is 2.49. The number of hydrogen-bond donors (Lipinski definition) is 4. The van der Waals surface area contributed by atoms with E-state index in [9.17, 15) is 17.9 Å². The molecular weight excluding hydrogens is 460 g/mol. The van der Waals surface area contributed by atoms with E-state index in [0.717, 1.165) is 6.07 Å². The summed E-state index contributed by atoms with van der Waals surface area (Å²) in [6, 6.07) is 5.78.